The Morgan fingerprint density at radius 1 is 1.17 bits per heavy atom. The van der Waals surface area contributed by atoms with E-state index in [0.717, 1.165) is 12.3 Å². The van der Waals surface area contributed by atoms with Crippen molar-refractivity contribution in [1.82, 2.24) is 9.97 Å². The fourth-order valence-corrected chi connectivity index (χ4v) is 4.99. The molecule has 1 fully saturated rings. The summed E-state index contributed by atoms with van der Waals surface area (Å²) in [6, 6.07) is 11.4. The van der Waals surface area contributed by atoms with Crippen LogP contribution in [-0.2, 0) is 5.41 Å². The number of aromatic nitrogens is 2. The van der Waals surface area contributed by atoms with Crippen LogP contribution in [0.2, 0.25) is 0 Å². The molecule has 2 heterocycles. The maximum absolute atomic E-state index is 14.4. The summed E-state index contributed by atoms with van der Waals surface area (Å²) in [6.45, 7) is 4.72. The average Bonchev–Trinajstić information content (AvgIpc) is 3.46. The van der Waals surface area contributed by atoms with Gasteiger partial charge in [0, 0.05) is 46.1 Å². The Hall–Kier alpha value is -2.44. The third-order valence-corrected chi connectivity index (χ3v) is 7.00. The van der Waals surface area contributed by atoms with Crippen molar-refractivity contribution in [2.24, 2.45) is 0 Å². The molecule has 2 aliphatic rings. The fourth-order valence-electron chi connectivity index (χ4n) is 4.29. The van der Waals surface area contributed by atoms with Gasteiger partial charge in [0.1, 0.15) is 5.82 Å². The number of hydrogen-bond donors (Lipinski definition) is 1. The van der Waals surface area contributed by atoms with Gasteiger partial charge in [0.25, 0.3) is 0 Å². The number of aliphatic hydroxyl groups excluding tert-OH is 1. The molecular formula is C24H24FN3OS. The maximum atomic E-state index is 14.4. The highest BCUT2D eigenvalue weighted by Gasteiger charge is 2.52. The zero-order chi connectivity index (χ0) is 20.9. The van der Waals surface area contributed by atoms with Crippen molar-refractivity contribution in [3.63, 3.8) is 0 Å². The molecule has 1 N–H and O–H groups in total. The van der Waals surface area contributed by atoms with Crippen LogP contribution in [-0.4, -0.2) is 27.4 Å². The van der Waals surface area contributed by atoms with E-state index in [1.54, 1.807) is 31.5 Å². The number of thioether (sulfide) groups is 1. The molecule has 1 aromatic heterocycles. The summed E-state index contributed by atoms with van der Waals surface area (Å²) in [4.78, 5) is 12.7. The maximum Gasteiger partial charge on any atom is 0.229 e. The minimum atomic E-state index is -0.657. The van der Waals surface area contributed by atoms with Gasteiger partial charge in [-0.15, -0.1) is 11.8 Å². The second kappa shape index (κ2) is 7.36. The number of nitrogens with zero attached hydrogens (tertiary/aromatic N) is 3. The van der Waals surface area contributed by atoms with Crippen LogP contribution in [0.5, 0.6) is 0 Å². The van der Waals surface area contributed by atoms with Gasteiger partial charge in [0.05, 0.1) is 6.10 Å². The summed E-state index contributed by atoms with van der Waals surface area (Å²) in [6.07, 6.45) is 5.10. The van der Waals surface area contributed by atoms with E-state index >= 15 is 0 Å². The fraction of sp³-hybridized carbons (Fsp3) is 0.333. The van der Waals surface area contributed by atoms with E-state index in [4.69, 9.17) is 0 Å². The molecule has 0 radical (unpaired) electrons. The topological polar surface area (TPSA) is 49.2 Å². The van der Waals surface area contributed by atoms with Gasteiger partial charge < -0.3 is 10.0 Å². The molecule has 3 aromatic rings. The Kier molecular flexibility index (Phi) is 4.79. The number of hydrogen-bond acceptors (Lipinski definition) is 5. The highest BCUT2D eigenvalue weighted by molar-refractivity contribution is 7.99. The van der Waals surface area contributed by atoms with E-state index in [1.807, 2.05) is 11.8 Å². The Balaban J connectivity index is 1.49. The van der Waals surface area contributed by atoms with E-state index in [9.17, 15) is 9.50 Å². The monoisotopic (exact) mass is 421 g/mol. The lowest BCUT2D eigenvalue weighted by atomic mass is 9.99. The van der Waals surface area contributed by atoms with Gasteiger partial charge in [-0.05, 0) is 60.9 Å². The molecule has 5 rings (SSSR count). The van der Waals surface area contributed by atoms with Crippen molar-refractivity contribution >= 4 is 23.4 Å². The molecule has 0 bridgehead atoms. The summed E-state index contributed by atoms with van der Waals surface area (Å²) < 4.78 is 14.4. The molecule has 2 aromatic carbocycles. The molecule has 30 heavy (non-hydrogen) atoms. The van der Waals surface area contributed by atoms with Crippen molar-refractivity contribution in [3.05, 3.63) is 65.7 Å². The van der Waals surface area contributed by atoms with Crippen molar-refractivity contribution in [2.45, 2.75) is 43.1 Å². The van der Waals surface area contributed by atoms with Crippen molar-refractivity contribution < 1.29 is 9.50 Å². The van der Waals surface area contributed by atoms with Crippen LogP contribution in [0.4, 0.5) is 16.0 Å². The average molecular weight is 422 g/mol. The van der Waals surface area contributed by atoms with Crippen LogP contribution in [0.15, 0.2) is 53.7 Å². The second-order valence-electron chi connectivity index (χ2n) is 8.17. The van der Waals surface area contributed by atoms with Gasteiger partial charge >= 0.3 is 0 Å². The van der Waals surface area contributed by atoms with Gasteiger partial charge in [-0.25, -0.2) is 14.4 Å². The van der Waals surface area contributed by atoms with Crippen LogP contribution in [0, 0.1) is 5.82 Å². The first-order valence-electron chi connectivity index (χ1n) is 10.4. The Labute approximate surface area is 180 Å². The van der Waals surface area contributed by atoms with Crippen LogP contribution < -0.4 is 4.90 Å². The van der Waals surface area contributed by atoms with Crippen LogP contribution in [0.1, 0.15) is 43.9 Å². The Bertz CT molecular complexity index is 1100. The SMILES string of the molecule is CCSc1ccc2c(c1)N(c1ncc(-c3cc(C(C)O)ccc3F)cn1)CC21CC1. The van der Waals surface area contributed by atoms with Crippen LogP contribution in [0.25, 0.3) is 11.1 Å². The summed E-state index contributed by atoms with van der Waals surface area (Å²) in [5.74, 6) is 1.33. The van der Waals surface area contributed by atoms with Gasteiger partial charge in [0.15, 0.2) is 0 Å². The zero-order valence-corrected chi connectivity index (χ0v) is 17.9. The van der Waals surface area contributed by atoms with Crippen LogP contribution in [0.3, 0.4) is 0 Å². The molecule has 4 nitrogen and oxygen atoms in total. The third kappa shape index (κ3) is 3.28. The highest BCUT2D eigenvalue weighted by Crippen LogP contribution is 2.58. The Morgan fingerprint density at radius 3 is 2.60 bits per heavy atom. The van der Waals surface area contributed by atoms with Gasteiger partial charge in [-0.2, -0.15) is 0 Å². The van der Waals surface area contributed by atoms with Crippen LogP contribution >= 0.6 is 11.8 Å². The smallest absolute Gasteiger partial charge is 0.229 e. The number of halogens is 1. The van der Waals surface area contributed by atoms with E-state index in [1.165, 1.54) is 35.1 Å². The minimum Gasteiger partial charge on any atom is -0.389 e. The molecule has 1 aliphatic heterocycles. The molecule has 1 spiro atoms. The molecule has 1 unspecified atom stereocenters. The van der Waals surface area contributed by atoms with Gasteiger partial charge in [-0.3, -0.25) is 0 Å². The number of rotatable bonds is 5. The van der Waals surface area contributed by atoms with E-state index < -0.39 is 6.10 Å². The normalized spacial score (nSPS) is 17.3. The summed E-state index contributed by atoms with van der Waals surface area (Å²) >= 11 is 1.83. The van der Waals surface area contributed by atoms with Crippen molar-refractivity contribution in [3.8, 4) is 11.1 Å². The lowest BCUT2D eigenvalue weighted by molar-refractivity contribution is 0.199. The third-order valence-electron chi connectivity index (χ3n) is 6.12. The molecule has 154 valence electrons. The molecule has 6 heteroatoms. The standard InChI is InChI=1S/C24H24FN3OS/c1-3-30-18-5-6-20-22(11-18)28(14-24(20)8-9-24)23-26-12-17(13-27-23)19-10-16(15(2)29)4-7-21(19)25/h4-7,10-13,15,29H,3,8-9,14H2,1-2H3. The predicted octanol–water partition coefficient (Wildman–Crippen LogP) is 5.63. The number of anilines is 2. The molecular weight excluding hydrogens is 397 g/mol. The number of aliphatic hydroxyl groups is 1. The van der Waals surface area contributed by atoms with Gasteiger partial charge in [0.2, 0.25) is 5.95 Å². The number of benzene rings is 2. The van der Waals surface area contributed by atoms with E-state index in [0.29, 0.717) is 22.6 Å². The first kappa shape index (κ1) is 19.5. The second-order valence-corrected chi connectivity index (χ2v) is 9.50. The highest BCUT2D eigenvalue weighted by atomic mass is 32.2. The lowest BCUT2D eigenvalue weighted by Crippen LogP contribution is -2.21. The number of fused-ring (bicyclic) bond motifs is 2. The molecule has 0 saturated heterocycles. The minimum absolute atomic E-state index is 0.241. The van der Waals surface area contributed by atoms with Gasteiger partial charge in [-0.1, -0.05) is 19.1 Å². The van der Waals surface area contributed by atoms with Crippen molar-refractivity contribution in [2.75, 3.05) is 17.2 Å². The molecule has 0 amide bonds. The predicted molar refractivity (Wildman–Crippen MR) is 119 cm³/mol. The quantitative estimate of drug-likeness (QED) is 0.541. The lowest BCUT2D eigenvalue weighted by Gasteiger charge is -2.18. The summed E-state index contributed by atoms with van der Waals surface area (Å²) in [5, 5.41) is 9.82. The van der Waals surface area contributed by atoms with E-state index in [-0.39, 0.29) is 11.2 Å². The summed E-state index contributed by atoms with van der Waals surface area (Å²) in [5.41, 5.74) is 4.51. The Morgan fingerprint density at radius 2 is 1.93 bits per heavy atom. The first-order valence-corrected chi connectivity index (χ1v) is 11.3. The molecule has 1 atom stereocenters. The zero-order valence-electron chi connectivity index (χ0n) is 17.1. The summed E-state index contributed by atoms with van der Waals surface area (Å²) in [7, 11) is 0. The molecule has 1 aliphatic carbocycles. The van der Waals surface area contributed by atoms with E-state index in [2.05, 4.69) is 40.0 Å². The van der Waals surface area contributed by atoms with Crippen molar-refractivity contribution in [1.29, 1.82) is 0 Å². The molecule has 1 saturated carbocycles. The first-order chi connectivity index (χ1) is 14.5. The largest absolute Gasteiger partial charge is 0.389 e.